The van der Waals surface area contributed by atoms with Crippen molar-refractivity contribution < 1.29 is 0 Å². The van der Waals surface area contributed by atoms with Gasteiger partial charge in [0.05, 0.1) is 11.6 Å². The lowest BCUT2D eigenvalue weighted by Crippen LogP contribution is -2.06. The molecule has 76 valence electrons. The fraction of sp³-hybridized carbons (Fsp3) is 0.417. The van der Waals surface area contributed by atoms with Crippen molar-refractivity contribution in [2.45, 2.75) is 26.8 Å². The average Bonchev–Trinajstić information content (AvgIpc) is 2.15. The van der Waals surface area contributed by atoms with E-state index in [9.17, 15) is 0 Å². The summed E-state index contributed by atoms with van der Waals surface area (Å²) in [5.74, 6) is 0.473. The maximum atomic E-state index is 5.86. The van der Waals surface area contributed by atoms with E-state index in [2.05, 4.69) is 50.0 Å². The fourth-order valence-electron chi connectivity index (χ4n) is 1.24. The van der Waals surface area contributed by atoms with Gasteiger partial charge in [-0.15, -0.1) is 11.6 Å². The van der Waals surface area contributed by atoms with Crippen LogP contribution in [-0.4, -0.2) is 17.6 Å². The molecule has 0 aliphatic heterocycles. The van der Waals surface area contributed by atoms with E-state index in [0.29, 0.717) is 11.9 Å². The molecule has 1 nitrogen and oxygen atoms in total. The normalized spacial score (nSPS) is 12.2. The lowest BCUT2D eigenvalue weighted by atomic mass is 10.1. The summed E-state index contributed by atoms with van der Waals surface area (Å²) in [7, 11) is 0. The van der Waals surface area contributed by atoms with Gasteiger partial charge in [0.2, 0.25) is 0 Å². The zero-order valence-corrected chi connectivity index (χ0v) is 9.67. The first-order valence-corrected chi connectivity index (χ1v) is 5.36. The Bertz CT molecular complexity index is 312. The Kier molecular flexibility index (Phi) is 4.15. The van der Waals surface area contributed by atoms with Crippen LogP contribution in [0.25, 0.3) is 0 Å². The van der Waals surface area contributed by atoms with E-state index in [1.54, 1.807) is 0 Å². The summed E-state index contributed by atoms with van der Waals surface area (Å²) < 4.78 is 0. The van der Waals surface area contributed by atoms with Gasteiger partial charge in [-0.25, -0.2) is 0 Å². The van der Waals surface area contributed by atoms with Gasteiger partial charge in [-0.05, 0) is 26.3 Å². The van der Waals surface area contributed by atoms with Gasteiger partial charge >= 0.3 is 0 Å². The fourth-order valence-corrected chi connectivity index (χ4v) is 1.47. The van der Waals surface area contributed by atoms with Crippen LogP contribution >= 0.6 is 11.6 Å². The van der Waals surface area contributed by atoms with Crippen LogP contribution in [0, 0.1) is 6.92 Å². The van der Waals surface area contributed by atoms with E-state index in [4.69, 9.17) is 11.6 Å². The predicted octanol–water partition coefficient (Wildman–Crippen LogP) is 3.43. The third-order valence-corrected chi connectivity index (χ3v) is 2.18. The third-order valence-electron chi connectivity index (χ3n) is 1.93. The smallest absolute Gasteiger partial charge is 0.0649 e. The minimum atomic E-state index is 0.296. The Morgan fingerprint density at radius 2 is 1.86 bits per heavy atom. The van der Waals surface area contributed by atoms with E-state index in [1.165, 1.54) is 5.56 Å². The number of aliphatic imine (C=N–C) groups is 1. The summed E-state index contributed by atoms with van der Waals surface area (Å²) in [6.45, 7) is 6.19. The molecular weight excluding hydrogens is 194 g/mol. The van der Waals surface area contributed by atoms with Gasteiger partial charge in [0.1, 0.15) is 0 Å². The Morgan fingerprint density at radius 3 is 2.29 bits per heavy atom. The highest BCUT2D eigenvalue weighted by molar-refractivity contribution is 6.31. The van der Waals surface area contributed by atoms with Crippen molar-refractivity contribution in [1.82, 2.24) is 0 Å². The molecule has 1 rings (SSSR count). The van der Waals surface area contributed by atoms with Crippen LogP contribution in [0.5, 0.6) is 0 Å². The first kappa shape index (κ1) is 11.3. The van der Waals surface area contributed by atoms with Crippen LogP contribution < -0.4 is 0 Å². The van der Waals surface area contributed by atoms with Gasteiger partial charge in [-0.2, -0.15) is 0 Å². The minimum Gasteiger partial charge on any atom is -0.285 e. The molecule has 0 atom stereocenters. The van der Waals surface area contributed by atoms with E-state index < -0.39 is 0 Å². The molecule has 0 amide bonds. The number of aryl methyl sites for hydroxylation is 1. The highest BCUT2D eigenvalue weighted by Crippen LogP contribution is 2.07. The number of nitrogens with zero attached hydrogens (tertiary/aromatic N) is 1. The quantitative estimate of drug-likeness (QED) is 0.534. The first-order valence-electron chi connectivity index (χ1n) is 4.83. The van der Waals surface area contributed by atoms with Crippen LogP contribution in [0.15, 0.2) is 29.3 Å². The maximum absolute atomic E-state index is 5.86. The lowest BCUT2D eigenvalue weighted by Gasteiger charge is -2.05. The van der Waals surface area contributed by atoms with Crippen molar-refractivity contribution in [2.24, 2.45) is 4.99 Å². The first-order chi connectivity index (χ1) is 6.63. The van der Waals surface area contributed by atoms with Crippen molar-refractivity contribution in [3.63, 3.8) is 0 Å². The second-order valence-electron chi connectivity index (χ2n) is 3.67. The van der Waals surface area contributed by atoms with Gasteiger partial charge < -0.3 is 0 Å². The van der Waals surface area contributed by atoms with Crippen molar-refractivity contribution in [2.75, 3.05) is 5.88 Å². The molecule has 0 aromatic heterocycles. The molecule has 2 heteroatoms. The van der Waals surface area contributed by atoms with Gasteiger partial charge in [-0.1, -0.05) is 29.8 Å². The molecule has 14 heavy (non-hydrogen) atoms. The van der Waals surface area contributed by atoms with Gasteiger partial charge in [0.15, 0.2) is 0 Å². The van der Waals surface area contributed by atoms with E-state index >= 15 is 0 Å². The maximum Gasteiger partial charge on any atom is 0.0649 e. The Labute approximate surface area is 90.8 Å². The highest BCUT2D eigenvalue weighted by atomic mass is 35.5. The van der Waals surface area contributed by atoms with Crippen LogP contribution in [0.4, 0.5) is 0 Å². The topological polar surface area (TPSA) is 12.4 Å². The number of hydrogen-bond acceptors (Lipinski definition) is 1. The van der Waals surface area contributed by atoms with Crippen LogP contribution in [-0.2, 0) is 0 Å². The summed E-state index contributed by atoms with van der Waals surface area (Å²) in [5, 5.41) is 0. The van der Waals surface area contributed by atoms with Gasteiger partial charge in [0.25, 0.3) is 0 Å². The second-order valence-corrected chi connectivity index (χ2v) is 3.94. The SMILES string of the molecule is Cc1ccc(C(CCl)=NC(C)C)cc1. The second kappa shape index (κ2) is 5.16. The highest BCUT2D eigenvalue weighted by Gasteiger charge is 2.02. The van der Waals surface area contributed by atoms with Crippen molar-refractivity contribution in [3.05, 3.63) is 35.4 Å². The lowest BCUT2D eigenvalue weighted by molar-refractivity contribution is 0.836. The Hall–Kier alpha value is -0.820. The standard InChI is InChI=1S/C12H16ClN/c1-9(2)14-12(8-13)11-6-4-10(3)5-7-11/h4-7,9H,8H2,1-3H3. The molecule has 0 spiro atoms. The van der Waals surface area contributed by atoms with Crippen LogP contribution in [0.1, 0.15) is 25.0 Å². The van der Waals surface area contributed by atoms with E-state index in [-0.39, 0.29) is 0 Å². The Morgan fingerprint density at radius 1 is 1.29 bits per heavy atom. The molecule has 0 fully saturated rings. The van der Waals surface area contributed by atoms with Gasteiger partial charge in [0, 0.05) is 6.04 Å². The summed E-state index contributed by atoms with van der Waals surface area (Å²) in [5.41, 5.74) is 3.35. The monoisotopic (exact) mass is 209 g/mol. The Balaban J connectivity index is 2.95. The molecule has 0 aliphatic carbocycles. The molecule has 0 heterocycles. The summed E-state index contributed by atoms with van der Waals surface area (Å²) in [6.07, 6.45) is 0. The summed E-state index contributed by atoms with van der Waals surface area (Å²) >= 11 is 5.86. The largest absolute Gasteiger partial charge is 0.285 e. The minimum absolute atomic E-state index is 0.296. The van der Waals surface area contributed by atoms with Crippen LogP contribution in [0.3, 0.4) is 0 Å². The van der Waals surface area contributed by atoms with Crippen molar-refractivity contribution in [1.29, 1.82) is 0 Å². The molecule has 0 bridgehead atoms. The van der Waals surface area contributed by atoms with Crippen molar-refractivity contribution >= 4 is 17.3 Å². The molecule has 1 aromatic carbocycles. The number of alkyl halides is 1. The molecule has 0 unspecified atom stereocenters. The van der Waals surface area contributed by atoms with Crippen molar-refractivity contribution in [3.8, 4) is 0 Å². The molecular formula is C12H16ClN. The molecule has 1 aromatic rings. The summed E-state index contributed by atoms with van der Waals surface area (Å²) in [6, 6.07) is 8.60. The zero-order valence-electron chi connectivity index (χ0n) is 8.92. The molecule has 0 saturated heterocycles. The number of hydrogen-bond donors (Lipinski definition) is 0. The van der Waals surface area contributed by atoms with E-state index in [0.717, 1.165) is 11.3 Å². The average molecular weight is 210 g/mol. The predicted molar refractivity (Wildman–Crippen MR) is 63.6 cm³/mol. The molecule has 0 aliphatic rings. The number of benzene rings is 1. The van der Waals surface area contributed by atoms with Crippen LogP contribution in [0.2, 0.25) is 0 Å². The number of rotatable bonds is 3. The summed E-state index contributed by atoms with van der Waals surface area (Å²) in [4.78, 5) is 4.48. The molecule has 0 N–H and O–H groups in total. The molecule has 0 saturated carbocycles. The zero-order chi connectivity index (χ0) is 10.6. The number of halogens is 1. The van der Waals surface area contributed by atoms with Gasteiger partial charge in [-0.3, -0.25) is 4.99 Å². The third kappa shape index (κ3) is 3.15. The van der Waals surface area contributed by atoms with E-state index in [1.807, 2.05) is 0 Å². The molecule has 0 radical (unpaired) electrons.